The van der Waals surface area contributed by atoms with Crippen LogP contribution in [0, 0.1) is 12.7 Å². The van der Waals surface area contributed by atoms with Crippen molar-refractivity contribution in [2.45, 2.75) is 18.9 Å². The maximum absolute atomic E-state index is 15.0. The normalized spacial score (nSPS) is 18.8. The van der Waals surface area contributed by atoms with E-state index in [4.69, 9.17) is 23.2 Å². The molecule has 0 saturated carbocycles. The first-order chi connectivity index (χ1) is 14.3. The van der Waals surface area contributed by atoms with Crippen LogP contribution in [0.25, 0.3) is 10.9 Å². The van der Waals surface area contributed by atoms with Gasteiger partial charge in [-0.05, 0) is 49.8 Å². The molecule has 1 aliphatic rings. The highest BCUT2D eigenvalue weighted by molar-refractivity contribution is 6.42. The van der Waals surface area contributed by atoms with Gasteiger partial charge in [0.1, 0.15) is 5.82 Å². The molecule has 1 atom stereocenters. The summed E-state index contributed by atoms with van der Waals surface area (Å²) in [5.41, 5.74) is 1.97. The molecule has 1 fully saturated rings. The molecule has 8 heteroatoms. The van der Waals surface area contributed by atoms with Crippen molar-refractivity contribution in [3.63, 3.8) is 0 Å². The highest BCUT2D eigenvalue weighted by Gasteiger charge is 2.44. The van der Waals surface area contributed by atoms with E-state index in [1.165, 1.54) is 18.2 Å². The lowest BCUT2D eigenvalue weighted by Crippen LogP contribution is -2.41. The second-order valence-corrected chi connectivity index (χ2v) is 8.37. The van der Waals surface area contributed by atoms with Gasteiger partial charge >= 0.3 is 0 Å². The summed E-state index contributed by atoms with van der Waals surface area (Å²) in [5, 5.41) is 9.37. The van der Waals surface area contributed by atoms with E-state index in [-0.39, 0.29) is 28.1 Å². The van der Waals surface area contributed by atoms with Gasteiger partial charge in [-0.2, -0.15) is 5.10 Å². The van der Waals surface area contributed by atoms with Crippen LogP contribution in [0.4, 0.5) is 10.1 Å². The molecule has 2 heterocycles. The fourth-order valence-corrected chi connectivity index (χ4v) is 4.75. The number of halogens is 3. The molecule has 2 aromatic carbocycles. The van der Waals surface area contributed by atoms with Crippen molar-refractivity contribution in [2.75, 3.05) is 18.4 Å². The summed E-state index contributed by atoms with van der Waals surface area (Å²) in [6.45, 7) is 6.19. The number of fused-ring (bicyclic) bond motifs is 1. The Morgan fingerprint density at radius 3 is 2.83 bits per heavy atom. The Morgan fingerprint density at radius 1 is 1.33 bits per heavy atom. The fourth-order valence-electron chi connectivity index (χ4n) is 4.25. The van der Waals surface area contributed by atoms with Crippen LogP contribution >= 0.6 is 23.2 Å². The van der Waals surface area contributed by atoms with E-state index in [1.54, 1.807) is 9.58 Å². The molecule has 4 rings (SSSR count). The number of benzene rings is 2. The summed E-state index contributed by atoms with van der Waals surface area (Å²) in [6, 6.07) is 8.60. The van der Waals surface area contributed by atoms with Crippen LogP contribution in [-0.2, 0) is 17.4 Å². The number of rotatable bonds is 4. The van der Waals surface area contributed by atoms with Crippen molar-refractivity contribution >= 4 is 45.7 Å². The summed E-state index contributed by atoms with van der Waals surface area (Å²) in [6.07, 6.45) is 1.72. The molecule has 0 radical (unpaired) electrons. The number of hydrogen-bond acceptors (Lipinski definition) is 3. The minimum absolute atomic E-state index is 0.148. The Hall–Kier alpha value is -2.57. The largest absolute Gasteiger partial charge is 0.373 e. The third kappa shape index (κ3) is 3.34. The third-order valence-corrected chi connectivity index (χ3v) is 6.50. The maximum atomic E-state index is 15.0. The number of hydrogen-bond donors (Lipinski definition) is 1. The van der Waals surface area contributed by atoms with Gasteiger partial charge in [0.15, 0.2) is 0 Å². The second-order valence-electron chi connectivity index (χ2n) is 7.58. The number of nitrogens with zero attached hydrogens (tertiary/aromatic N) is 3. The SMILES string of the molecule is C=CC(=O)N1CCC(Nc2ccc3c(C)nn(C)c3c2)(c2c(F)ccc(Cl)c2Cl)C1. The van der Waals surface area contributed by atoms with Crippen LogP contribution in [0.5, 0.6) is 0 Å². The molecule has 0 bridgehead atoms. The molecular weight excluding hydrogens is 426 g/mol. The Kier molecular flexibility index (Phi) is 5.24. The summed E-state index contributed by atoms with van der Waals surface area (Å²) in [5.74, 6) is -0.683. The Labute approximate surface area is 184 Å². The summed E-state index contributed by atoms with van der Waals surface area (Å²) in [7, 11) is 1.88. The van der Waals surface area contributed by atoms with Crippen LogP contribution in [-0.4, -0.2) is 33.7 Å². The summed E-state index contributed by atoms with van der Waals surface area (Å²) >= 11 is 12.7. The van der Waals surface area contributed by atoms with Gasteiger partial charge < -0.3 is 10.2 Å². The molecule has 5 nitrogen and oxygen atoms in total. The van der Waals surface area contributed by atoms with Gasteiger partial charge in [0.25, 0.3) is 0 Å². The van der Waals surface area contributed by atoms with Gasteiger partial charge in [-0.3, -0.25) is 9.48 Å². The van der Waals surface area contributed by atoms with E-state index in [2.05, 4.69) is 17.0 Å². The number of nitrogens with one attached hydrogen (secondary N) is 1. The molecule has 1 unspecified atom stereocenters. The number of carbonyl (C=O) groups excluding carboxylic acids is 1. The van der Waals surface area contributed by atoms with E-state index in [1.807, 2.05) is 32.2 Å². The van der Waals surface area contributed by atoms with E-state index >= 15 is 4.39 Å². The predicted molar refractivity (Wildman–Crippen MR) is 119 cm³/mol. The molecule has 1 N–H and O–H groups in total. The molecule has 156 valence electrons. The number of likely N-dealkylation sites (tertiary alicyclic amines) is 1. The Morgan fingerprint density at radius 2 is 2.10 bits per heavy atom. The smallest absolute Gasteiger partial charge is 0.246 e. The molecule has 1 aliphatic heterocycles. The molecule has 3 aromatic rings. The van der Waals surface area contributed by atoms with Gasteiger partial charge in [-0.1, -0.05) is 29.8 Å². The van der Waals surface area contributed by atoms with Gasteiger partial charge in [0, 0.05) is 36.8 Å². The first-order valence-electron chi connectivity index (χ1n) is 9.52. The predicted octanol–water partition coefficient (Wildman–Crippen LogP) is 5.05. The van der Waals surface area contributed by atoms with Gasteiger partial charge in [0.2, 0.25) is 5.91 Å². The molecule has 1 saturated heterocycles. The number of aromatic nitrogens is 2. The average Bonchev–Trinajstić information content (AvgIpc) is 3.26. The molecule has 0 spiro atoms. The summed E-state index contributed by atoms with van der Waals surface area (Å²) < 4.78 is 16.8. The van der Waals surface area contributed by atoms with Gasteiger partial charge in [-0.15, -0.1) is 0 Å². The number of amides is 1. The van der Waals surface area contributed by atoms with Crippen LogP contribution in [0.1, 0.15) is 17.7 Å². The van der Waals surface area contributed by atoms with E-state index in [0.29, 0.717) is 13.0 Å². The van der Waals surface area contributed by atoms with E-state index in [0.717, 1.165) is 22.3 Å². The summed E-state index contributed by atoms with van der Waals surface area (Å²) in [4.78, 5) is 13.9. The maximum Gasteiger partial charge on any atom is 0.246 e. The second kappa shape index (κ2) is 7.60. The lowest BCUT2D eigenvalue weighted by molar-refractivity contribution is -0.125. The standard InChI is InChI=1S/C22H21Cl2FN4O/c1-4-19(30)29-10-9-22(12-29,20-17(25)8-7-16(23)21(20)24)26-14-5-6-15-13(2)27-28(3)18(15)11-14/h4-8,11,26H,1,9-10,12H2,2-3H3. The molecule has 1 amide bonds. The van der Waals surface area contributed by atoms with E-state index in [9.17, 15) is 4.79 Å². The third-order valence-electron chi connectivity index (χ3n) is 5.70. The fraction of sp³-hybridized carbons (Fsp3) is 0.273. The number of anilines is 1. The van der Waals surface area contributed by atoms with Crippen molar-refractivity contribution in [3.05, 3.63) is 70.1 Å². The van der Waals surface area contributed by atoms with Crippen molar-refractivity contribution < 1.29 is 9.18 Å². The zero-order valence-electron chi connectivity index (χ0n) is 16.7. The van der Waals surface area contributed by atoms with Crippen LogP contribution in [0.2, 0.25) is 10.0 Å². The Bertz CT molecular complexity index is 1180. The minimum atomic E-state index is -0.938. The first-order valence-corrected chi connectivity index (χ1v) is 10.3. The van der Waals surface area contributed by atoms with Crippen molar-refractivity contribution in [2.24, 2.45) is 7.05 Å². The van der Waals surface area contributed by atoms with Gasteiger partial charge in [-0.25, -0.2) is 4.39 Å². The minimum Gasteiger partial charge on any atom is -0.373 e. The zero-order valence-corrected chi connectivity index (χ0v) is 18.2. The highest BCUT2D eigenvalue weighted by Crippen LogP contribution is 2.43. The van der Waals surface area contributed by atoms with Crippen molar-refractivity contribution in [3.8, 4) is 0 Å². The zero-order chi connectivity index (χ0) is 21.6. The van der Waals surface area contributed by atoms with E-state index < -0.39 is 11.4 Å². The quantitative estimate of drug-likeness (QED) is 0.450. The monoisotopic (exact) mass is 446 g/mol. The average molecular weight is 447 g/mol. The molecular formula is C22H21Cl2FN4O. The highest BCUT2D eigenvalue weighted by atomic mass is 35.5. The van der Waals surface area contributed by atoms with Crippen LogP contribution in [0.3, 0.4) is 0 Å². The number of carbonyl (C=O) groups is 1. The lowest BCUT2D eigenvalue weighted by Gasteiger charge is -2.33. The van der Waals surface area contributed by atoms with Crippen LogP contribution < -0.4 is 5.32 Å². The molecule has 1 aromatic heterocycles. The van der Waals surface area contributed by atoms with Gasteiger partial charge in [0.05, 0.1) is 26.8 Å². The van der Waals surface area contributed by atoms with Crippen molar-refractivity contribution in [1.82, 2.24) is 14.7 Å². The lowest BCUT2D eigenvalue weighted by atomic mass is 9.87. The topological polar surface area (TPSA) is 50.2 Å². The van der Waals surface area contributed by atoms with Crippen molar-refractivity contribution in [1.29, 1.82) is 0 Å². The first kappa shape index (κ1) is 20.7. The van der Waals surface area contributed by atoms with Crippen LogP contribution in [0.15, 0.2) is 43.0 Å². The number of aryl methyl sites for hydroxylation is 2. The molecule has 30 heavy (non-hydrogen) atoms. The Balaban J connectivity index is 1.83. The molecule has 0 aliphatic carbocycles.